The number of nitrogens with one attached hydrogen (secondary N) is 1. The largest absolute Gasteiger partial charge is 0.308 e. The predicted octanol–water partition coefficient (Wildman–Crippen LogP) is 2.46. The Labute approximate surface area is 113 Å². The summed E-state index contributed by atoms with van der Waals surface area (Å²) in [7, 11) is 0. The third-order valence-electron chi connectivity index (χ3n) is 2.85. The molecule has 0 aromatic carbocycles. The third kappa shape index (κ3) is 2.34. The van der Waals surface area contributed by atoms with Crippen molar-refractivity contribution in [2.45, 2.75) is 18.8 Å². The first-order chi connectivity index (χ1) is 8.76. The molecule has 3 rings (SSSR count). The van der Waals surface area contributed by atoms with Crippen molar-refractivity contribution in [3.8, 4) is 11.4 Å². The Balaban J connectivity index is 2.07. The summed E-state index contributed by atoms with van der Waals surface area (Å²) in [6.07, 6.45) is 5.86. The molecule has 2 aromatic rings. The van der Waals surface area contributed by atoms with Gasteiger partial charge in [-0.2, -0.15) is 0 Å². The van der Waals surface area contributed by atoms with Crippen LogP contribution in [0.1, 0.15) is 24.5 Å². The number of anilines is 1. The SMILES string of the molecule is NNc1cc(C2CC2)nc(-c2cncc(Br)c2)n1. The summed E-state index contributed by atoms with van der Waals surface area (Å²) in [6, 6.07) is 3.85. The molecule has 18 heavy (non-hydrogen) atoms. The van der Waals surface area contributed by atoms with Gasteiger partial charge in [-0.15, -0.1) is 0 Å². The Morgan fingerprint density at radius 1 is 1.22 bits per heavy atom. The molecule has 1 saturated carbocycles. The molecule has 0 bridgehead atoms. The lowest BCUT2D eigenvalue weighted by molar-refractivity contribution is 0.989. The highest BCUT2D eigenvalue weighted by molar-refractivity contribution is 9.10. The Morgan fingerprint density at radius 3 is 2.72 bits per heavy atom. The number of halogens is 1. The van der Waals surface area contributed by atoms with Crippen LogP contribution in [0.3, 0.4) is 0 Å². The van der Waals surface area contributed by atoms with Gasteiger partial charge in [0.05, 0.1) is 0 Å². The summed E-state index contributed by atoms with van der Waals surface area (Å²) in [5.74, 6) is 7.30. The Kier molecular flexibility index (Phi) is 2.97. The highest BCUT2D eigenvalue weighted by Gasteiger charge is 2.26. The van der Waals surface area contributed by atoms with E-state index >= 15 is 0 Å². The van der Waals surface area contributed by atoms with Gasteiger partial charge in [0.2, 0.25) is 0 Å². The van der Waals surface area contributed by atoms with Crippen LogP contribution in [0.5, 0.6) is 0 Å². The number of aromatic nitrogens is 3. The van der Waals surface area contributed by atoms with Crippen molar-refractivity contribution in [1.29, 1.82) is 0 Å². The lowest BCUT2D eigenvalue weighted by Crippen LogP contribution is -2.10. The monoisotopic (exact) mass is 305 g/mol. The molecule has 3 N–H and O–H groups in total. The van der Waals surface area contributed by atoms with E-state index in [1.165, 1.54) is 12.8 Å². The predicted molar refractivity (Wildman–Crippen MR) is 72.7 cm³/mol. The molecule has 1 aliphatic carbocycles. The van der Waals surface area contributed by atoms with E-state index in [1.54, 1.807) is 12.4 Å². The second kappa shape index (κ2) is 4.62. The van der Waals surface area contributed by atoms with Gasteiger partial charge in [-0.05, 0) is 34.8 Å². The Morgan fingerprint density at radius 2 is 2.06 bits per heavy atom. The zero-order valence-corrected chi connectivity index (χ0v) is 11.2. The molecule has 5 nitrogen and oxygen atoms in total. The fourth-order valence-electron chi connectivity index (χ4n) is 1.79. The van der Waals surface area contributed by atoms with Crippen LogP contribution in [0.4, 0.5) is 5.82 Å². The summed E-state index contributed by atoms with van der Waals surface area (Å²) in [4.78, 5) is 13.1. The van der Waals surface area contributed by atoms with Crippen LogP contribution in [0.25, 0.3) is 11.4 Å². The summed E-state index contributed by atoms with van der Waals surface area (Å²) in [5, 5.41) is 0. The van der Waals surface area contributed by atoms with Crippen LogP contribution in [0.15, 0.2) is 29.0 Å². The molecule has 0 spiro atoms. The van der Waals surface area contributed by atoms with E-state index in [0.717, 1.165) is 15.7 Å². The fourth-order valence-corrected chi connectivity index (χ4v) is 2.16. The molecule has 92 valence electrons. The topological polar surface area (TPSA) is 76.7 Å². The second-order valence-corrected chi connectivity index (χ2v) is 5.23. The summed E-state index contributed by atoms with van der Waals surface area (Å²) in [5.41, 5.74) is 4.52. The van der Waals surface area contributed by atoms with E-state index < -0.39 is 0 Å². The minimum Gasteiger partial charge on any atom is -0.308 e. The zero-order valence-electron chi connectivity index (χ0n) is 9.60. The molecule has 1 fully saturated rings. The summed E-state index contributed by atoms with van der Waals surface area (Å²) < 4.78 is 0.905. The van der Waals surface area contributed by atoms with Gasteiger partial charge in [-0.25, -0.2) is 15.8 Å². The Hall–Kier alpha value is -1.53. The van der Waals surface area contributed by atoms with E-state index in [1.807, 2.05) is 12.1 Å². The molecule has 0 aliphatic heterocycles. The van der Waals surface area contributed by atoms with E-state index in [0.29, 0.717) is 17.6 Å². The van der Waals surface area contributed by atoms with Gasteiger partial charge < -0.3 is 5.43 Å². The molecule has 2 heterocycles. The van der Waals surface area contributed by atoms with Gasteiger partial charge >= 0.3 is 0 Å². The van der Waals surface area contributed by atoms with Crippen LogP contribution in [-0.4, -0.2) is 15.0 Å². The molecule has 0 saturated heterocycles. The maximum Gasteiger partial charge on any atom is 0.163 e. The van der Waals surface area contributed by atoms with Crippen molar-refractivity contribution in [2.75, 3.05) is 5.43 Å². The number of rotatable bonds is 3. The molecule has 2 aromatic heterocycles. The van der Waals surface area contributed by atoms with Crippen molar-refractivity contribution in [2.24, 2.45) is 5.84 Å². The molecule has 0 radical (unpaired) electrons. The normalized spacial score (nSPS) is 14.6. The van der Waals surface area contributed by atoms with E-state index in [4.69, 9.17) is 5.84 Å². The number of nitrogen functional groups attached to an aromatic ring is 1. The number of pyridine rings is 1. The van der Waals surface area contributed by atoms with Crippen molar-refractivity contribution in [3.05, 3.63) is 34.7 Å². The third-order valence-corrected chi connectivity index (χ3v) is 3.29. The van der Waals surface area contributed by atoms with Gasteiger partial charge in [0.1, 0.15) is 5.82 Å². The minimum atomic E-state index is 0.555. The summed E-state index contributed by atoms with van der Waals surface area (Å²) in [6.45, 7) is 0. The molecule has 0 amide bonds. The van der Waals surface area contributed by atoms with Gasteiger partial charge in [0, 0.05) is 40.1 Å². The number of hydrazine groups is 1. The van der Waals surface area contributed by atoms with Crippen molar-refractivity contribution >= 4 is 21.7 Å². The van der Waals surface area contributed by atoms with Gasteiger partial charge in [0.25, 0.3) is 0 Å². The zero-order chi connectivity index (χ0) is 12.5. The minimum absolute atomic E-state index is 0.555. The highest BCUT2D eigenvalue weighted by atomic mass is 79.9. The number of nitrogens with two attached hydrogens (primary N) is 1. The molecule has 6 heteroatoms. The highest BCUT2D eigenvalue weighted by Crippen LogP contribution is 2.40. The van der Waals surface area contributed by atoms with Gasteiger partial charge in [-0.3, -0.25) is 4.98 Å². The summed E-state index contributed by atoms with van der Waals surface area (Å²) >= 11 is 3.40. The standard InChI is InChI=1S/C12H12BrN5/c13-9-3-8(5-15-6-9)12-16-10(7-1-2-7)4-11(17-12)18-14/h3-7H,1-2,14H2,(H,16,17,18). The van der Waals surface area contributed by atoms with E-state index in [2.05, 4.69) is 36.3 Å². The number of nitrogens with zero attached hydrogens (tertiary/aromatic N) is 3. The van der Waals surface area contributed by atoms with Crippen LogP contribution < -0.4 is 11.3 Å². The second-order valence-electron chi connectivity index (χ2n) is 4.31. The molecular weight excluding hydrogens is 294 g/mol. The quantitative estimate of drug-likeness (QED) is 0.673. The Bertz CT molecular complexity index is 582. The number of hydrogen-bond donors (Lipinski definition) is 2. The maximum atomic E-state index is 5.45. The van der Waals surface area contributed by atoms with Crippen LogP contribution in [0, 0.1) is 0 Å². The van der Waals surface area contributed by atoms with Crippen LogP contribution in [0.2, 0.25) is 0 Å². The molecule has 0 unspecified atom stereocenters. The molecular formula is C12H12BrN5. The van der Waals surface area contributed by atoms with Crippen molar-refractivity contribution in [3.63, 3.8) is 0 Å². The number of hydrogen-bond acceptors (Lipinski definition) is 5. The lowest BCUT2D eigenvalue weighted by atomic mass is 10.2. The average Bonchev–Trinajstić information content (AvgIpc) is 3.22. The first-order valence-electron chi connectivity index (χ1n) is 5.73. The molecule has 0 atom stereocenters. The lowest BCUT2D eigenvalue weighted by Gasteiger charge is -2.07. The van der Waals surface area contributed by atoms with E-state index in [-0.39, 0.29) is 0 Å². The smallest absolute Gasteiger partial charge is 0.163 e. The van der Waals surface area contributed by atoms with Gasteiger partial charge in [-0.1, -0.05) is 0 Å². The van der Waals surface area contributed by atoms with Crippen molar-refractivity contribution < 1.29 is 0 Å². The fraction of sp³-hybridized carbons (Fsp3) is 0.250. The maximum absolute atomic E-state index is 5.45. The average molecular weight is 306 g/mol. The molecule has 1 aliphatic rings. The first-order valence-corrected chi connectivity index (χ1v) is 6.52. The first kappa shape index (κ1) is 11.6. The van der Waals surface area contributed by atoms with Crippen molar-refractivity contribution in [1.82, 2.24) is 15.0 Å². The van der Waals surface area contributed by atoms with Crippen LogP contribution in [-0.2, 0) is 0 Å². The van der Waals surface area contributed by atoms with E-state index in [9.17, 15) is 0 Å². The van der Waals surface area contributed by atoms with Gasteiger partial charge in [0.15, 0.2) is 5.82 Å². The van der Waals surface area contributed by atoms with Crippen LogP contribution >= 0.6 is 15.9 Å².